The molecule has 0 radical (unpaired) electrons. The highest BCUT2D eigenvalue weighted by molar-refractivity contribution is 5.25. The first-order valence-corrected chi connectivity index (χ1v) is 5.65. The minimum absolute atomic E-state index is 0.198. The Kier molecular flexibility index (Phi) is 3.44. The van der Waals surface area contributed by atoms with Gasteiger partial charge in [0.2, 0.25) is 0 Å². The quantitative estimate of drug-likeness (QED) is 0.846. The molecule has 90 valence electrons. The van der Waals surface area contributed by atoms with Crippen molar-refractivity contribution in [3.63, 3.8) is 0 Å². The van der Waals surface area contributed by atoms with E-state index in [1.165, 1.54) is 0 Å². The highest BCUT2D eigenvalue weighted by Crippen LogP contribution is 2.12. The summed E-state index contributed by atoms with van der Waals surface area (Å²) >= 11 is 0. The van der Waals surface area contributed by atoms with E-state index in [9.17, 15) is 5.11 Å². The van der Waals surface area contributed by atoms with E-state index in [1.54, 1.807) is 18.3 Å². The summed E-state index contributed by atoms with van der Waals surface area (Å²) in [6.07, 6.45) is 3.74. The molecule has 0 fully saturated rings. The summed E-state index contributed by atoms with van der Waals surface area (Å²) in [5, 5.41) is 12.6. The number of rotatable bonds is 4. The number of aryl methyl sites for hydroxylation is 1. The lowest BCUT2D eigenvalue weighted by molar-refractivity contribution is 0.474. The molecule has 0 aliphatic heterocycles. The van der Waals surface area contributed by atoms with Crippen LogP contribution in [0.2, 0.25) is 0 Å². The molecule has 1 aromatic heterocycles. The third-order valence-corrected chi connectivity index (χ3v) is 2.79. The number of phenolic OH excluding ortho intramolecular Hbond substituents is 1. The highest BCUT2D eigenvalue weighted by Gasteiger charge is 2.08. The Morgan fingerprint density at radius 2 is 2.06 bits per heavy atom. The fraction of sp³-hybridized carbons (Fsp3) is 0.308. The molecular formula is C13H17N3O. The minimum atomic E-state index is 0.198. The van der Waals surface area contributed by atoms with Gasteiger partial charge in [0, 0.05) is 26.0 Å². The SMILES string of the molecule is CC(NCc1ccc(O)cc1)c1nccn1C. The molecule has 0 amide bonds. The molecule has 0 aliphatic rings. The van der Waals surface area contributed by atoms with Crippen molar-refractivity contribution in [3.8, 4) is 5.75 Å². The molecule has 4 heteroatoms. The number of aromatic nitrogens is 2. The van der Waals surface area contributed by atoms with E-state index in [0.29, 0.717) is 5.75 Å². The standard InChI is InChI=1S/C13H17N3O/c1-10(13-14-7-8-16(13)2)15-9-11-3-5-12(17)6-4-11/h3-8,10,15,17H,9H2,1-2H3. The monoisotopic (exact) mass is 231 g/mol. The van der Waals surface area contributed by atoms with E-state index in [4.69, 9.17) is 0 Å². The summed E-state index contributed by atoms with van der Waals surface area (Å²) in [6.45, 7) is 2.84. The fourth-order valence-corrected chi connectivity index (χ4v) is 1.77. The van der Waals surface area contributed by atoms with Gasteiger partial charge in [-0.25, -0.2) is 4.98 Å². The van der Waals surface area contributed by atoms with E-state index < -0.39 is 0 Å². The summed E-state index contributed by atoms with van der Waals surface area (Å²) in [5.74, 6) is 1.31. The van der Waals surface area contributed by atoms with Gasteiger partial charge < -0.3 is 15.0 Å². The maximum Gasteiger partial charge on any atom is 0.125 e. The lowest BCUT2D eigenvalue weighted by Gasteiger charge is -2.13. The summed E-state index contributed by atoms with van der Waals surface area (Å²) in [5.41, 5.74) is 1.14. The molecule has 17 heavy (non-hydrogen) atoms. The van der Waals surface area contributed by atoms with Crippen LogP contribution in [0.3, 0.4) is 0 Å². The first kappa shape index (κ1) is 11.7. The van der Waals surface area contributed by atoms with E-state index >= 15 is 0 Å². The molecule has 1 aromatic carbocycles. The van der Waals surface area contributed by atoms with E-state index in [2.05, 4.69) is 17.2 Å². The van der Waals surface area contributed by atoms with E-state index in [-0.39, 0.29) is 6.04 Å². The Balaban J connectivity index is 1.94. The smallest absolute Gasteiger partial charge is 0.125 e. The maximum absolute atomic E-state index is 9.19. The van der Waals surface area contributed by atoms with Crippen molar-refractivity contribution in [2.45, 2.75) is 19.5 Å². The van der Waals surface area contributed by atoms with Crippen LogP contribution >= 0.6 is 0 Å². The molecule has 0 spiro atoms. The minimum Gasteiger partial charge on any atom is -0.508 e. The van der Waals surface area contributed by atoms with Gasteiger partial charge in [-0.1, -0.05) is 12.1 Å². The van der Waals surface area contributed by atoms with Gasteiger partial charge in [-0.05, 0) is 24.6 Å². The molecule has 2 aromatic rings. The molecule has 0 aliphatic carbocycles. The molecule has 0 saturated carbocycles. The summed E-state index contributed by atoms with van der Waals surface area (Å²) < 4.78 is 2.01. The molecule has 1 atom stereocenters. The topological polar surface area (TPSA) is 50.1 Å². The van der Waals surface area contributed by atoms with E-state index in [0.717, 1.165) is 17.9 Å². The third-order valence-electron chi connectivity index (χ3n) is 2.79. The Labute approximate surface area is 101 Å². The van der Waals surface area contributed by atoms with Crippen LogP contribution in [0, 0.1) is 0 Å². The Morgan fingerprint density at radius 3 is 2.65 bits per heavy atom. The Morgan fingerprint density at radius 1 is 1.35 bits per heavy atom. The molecule has 1 unspecified atom stereocenters. The zero-order chi connectivity index (χ0) is 12.3. The van der Waals surface area contributed by atoms with E-state index in [1.807, 2.05) is 29.9 Å². The van der Waals surface area contributed by atoms with Crippen LogP contribution in [0.4, 0.5) is 0 Å². The number of benzene rings is 1. The van der Waals surface area contributed by atoms with Crippen molar-refractivity contribution >= 4 is 0 Å². The first-order valence-electron chi connectivity index (χ1n) is 5.65. The lowest BCUT2D eigenvalue weighted by Crippen LogP contribution is -2.20. The predicted octanol–water partition coefficient (Wildman–Crippen LogP) is 1.98. The predicted molar refractivity (Wildman–Crippen MR) is 66.6 cm³/mol. The maximum atomic E-state index is 9.19. The van der Waals surface area contributed by atoms with Crippen molar-refractivity contribution in [3.05, 3.63) is 48.0 Å². The van der Waals surface area contributed by atoms with Crippen LogP contribution in [0.15, 0.2) is 36.7 Å². The van der Waals surface area contributed by atoms with Crippen molar-refractivity contribution in [2.24, 2.45) is 7.05 Å². The van der Waals surface area contributed by atoms with Crippen molar-refractivity contribution in [1.82, 2.24) is 14.9 Å². The highest BCUT2D eigenvalue weighted by atomic mass is 16.3. The van der Waals surface area contributed by atoms with Gasteiger partial charge >= 0.3 is 0 Å². The summed E-state index contributed by atoms with van der Waals surface area (Å²) in [4.78, 5) is 4.30. The summed E-state index contributed by atoms with van der Waals surface area (Å²) in [7, 11) is 1.99. The van der Waals surface area contributed by atoms with Crippen molar-refractivity contribution in [2.75, 3.05) is 0 Å². The van der Waals surface area contributed by atoms with Gasteiger partial charge in [0.25, 0.3) is 0 Å². The second-order valence-electron chi connectivity index (χ2n) is 4.17. The fourth-order valence-electron chi connectivity index (χ4n) is 1.77. The van der Waals surface area contributed by atoms with Crippen molar-refractivity contribution < 1.29 is 5.11 Å². The van der Waals surface area contributed by atoms with Gasteiger partial charge in [-0.15, -0.1) is 0 Å². The number of imidazole rings is 1. The van der Waals surface area contributed by atoms with Gasteiger partial charge in [0.05, 0.1) is 6.04 Å². The normalized spacial score (nSPS) is 12.6. The Bertz CT molecular complexity index is 476. The third kappa shape index (κ3) is 2.85. The van der Waals surface area contributed by atoms with Crippen molar-refractivity contribution in [1.29, 1.82) is 0 Å². The van der Waals surface area contributed by atoms with Crippen LogP contribution in [0.25, 0.3) is 0 Å². The first-order chi connectivity index (χ1) is 8.16. The largest absolute Gasteiger partial charge is 0.508 e. The number of nitrogens with zero attached hydrogens (tertiary/aromatic N) is 2. The lowest BCUT2D eigenvalue weighted by atomic mass is 10.2. The Hall–Kier alpha value is -1.81. The number of hydrogen-bond donors (Lipinski definition) is 2. The summed E-state index contributed by atoms with van der Waals surface area (Å²) in [6, 6.07) is 7.41. The van der Waals surface area contributed by atoms with Crippen LogP contribution in [0.1, 0.15) is 24.4 Å². The second kappa shape index (κ2) is 5.01. The van der Waals surface area contributed by atoms with Crippen LogP contribution in [-0.4, -0.2) is 14.7 Å². The van der Waals surface area contributed by atoms with Crippen LogP contribution in [0.5, 0.6) is 5.75 Å². The van der Waals surface area contributed by atoms with Gasteiger partial charge in [0.15, 0.2) is 0 Å². The van der Waals surface area contributed by atoms with Gasteiger partial charge in [0.1, 0.15) is 11.6 Å². The average Bonchev–Trinajstić information content (AvgIpc) is 2.74. The molecular weight excluding hydrogens is 214 g/mol. The second-order valence-corrected chi connectivity index (χ2v) is 4.17. The zero-order valence-corrected chi connectivity index (χ0v) is 10.1. The molecule has 0 bridgehead atoms. The molecule has 0 saturated heterocycles. The van der Waals surface area contributed by atoms with Gasteiger partial charge in [-0.2, -0.15) is 0 Å². The molecule has 2 N–H and O–H groups in total. The molecule has 2 rings (SSSR count). The number of nitrogens with one attached hydrogen (secondary N) is 1. The molecule has 1 heterocycles. The van der Waals surface area contributed by atoms with Gasteiger partial charge in [-0.3, -0.25) is 0 Å². The number of phenols is 1. The molecule has 4 nitrogen and oxygen atoms in total. The van der Waals surface area contributed by atoms with Crippen LogP contribution in [-0.2, 0) is 13.6 Å². The number of aromatic hydroxyl groups is 1. The van der Waals surface area contributed by atoms with Crippen LogP contribution < -0.4 is 5.32 Å². The number of hydrogen-bond acceptors (Lipinski definition) is 3. The average molecular weight is 231 g/mol. The zero-order valence-electron chi connectivity index (χ0n) is 10.1.